The van der Waals surface area contributed by atoms with Gasteiger partial charge in [-0.1, -0.05) is 89.4 Å². The predicted octanol–water partition coefficient (Wildman–Crippen LogP) is 8.83. The number of hydrogen-bond acceptors (Lipinski definition) is 3. The van der Waals surface area contributed by atoms with Gasteiger partial charge in [0, 0.05) is 32.8 Å². The molecule has 5 nitrogen and oxygen atoms in total. The molecule has 0 atom stereocenters. The first-order valence-corrected chi connectivity index (χ1v) is 15.4. The van der Waals surface area contributed by atoms with Crippen LogP contribution in [0.1, 0.15) is 11.1 Å². The van der Waals surface area contributed by atoms with Crippen LogP contribution in [0.5, 0.6) is 0 Å². The van der Waals surface area contributed by atoms with Gasteiger partial charge in [0.05, 0.1) is 28.3 Å². The Kier molecular flexibility index (Phi) is 7.09. The topological polar surface area (TPSA) is 56.9 Å². The lowest BCUT2D eigenvalue weighted by Gasteiger charge is -2.12. The fraction of sp³-hybridized carbons (Fsp3) is 0.0645. The molecule has 2 heterocycles. The Bertz CT molecular complexity index is 1970. The summed E-state index contributed by atoms with van der Waals surface area (Å²) in [5.41, 5.74) is 5.60. The zero-order valence-corrected chi connectivity index (χ0v) is 25.1. The molecule has 0 bridgehead atoms. The number of nitrogens with zero attached hydrogens (tertiary/aromatic N) is 3. The Morgan fingerprint density at radius 2 is 1.52 bits per heavy atom. The zero-order valence-electron chi connectivity index (χ0n) is 21.2. The van der Waals surface area contributed by atoms with Gasteiger partial charge in [0.1, 0.15) is 0 Å². The summed E-state index contributed by atoms with van der Waals surface area (Å²) in [6.45, 7) is 2.40. The Morgan fingerprint density at radius 3 is 2.23 bits per heavy atom. The highest BCUT2D eigenvalue weighted by Crippen LogP contribution is 2.41. The van der Waals surface area contributed by atoms with Crippen LogP contribution in [0.15, 0.2) is 113 Å². The largest absolute Gasteiger partial charge is 0.313 e. The highest BCUT2D eigenvalue weighted by Gasteiger charge is 2.27. The molecule has 200 valence electrons. The second-order valence-electron chi connectivity index (χ2n) is 9.47. The Balaban J connectivity index is 1.64. The SMILES string of the molecule is Cc1ccc(S(=O)(=O)n2cc(-c3c(-c4ccccc4)nc(Br)n3Cc3ccc(Cl)cc3)c3ccc(Cl)cc32)cc1. The van der Waals surface area contributed by atoms with E-state index < -0.39 is 10.0 Å². The van der Waals surface area contributed by atoms with Crippen LogP contribution in [0.2, 0.25) is 10.0 Å². The number of benzene rings is 4. The summed E-state index contributed by atoms with van der Waals surface area (Å²) in [5.74, 6) is 0. The van der Waals surface area contributed by atoms with Crippen LogP contribution in [-0.2, 0) is 16.6 Å². The van der Waals surface area contributed by atoms with Crippen molar-refractivity contribution in [3.63, 3.8) is 0 Å². The van der Waals surface area contributed by atoms with Crippen LogP contribution in [-0.4, -0.2) is 21.9 Å². The fourth-order valence-electron chi connectivity index (χ4n) is 4.80. The molecule has 0 radical (unpaired) electrons. The minimum atomic E-state index is -3.93. The maximum atomic E-state index is 14.0. The van der Waals surface area contributed by atoms with Gasteiger partial charge < -0.3 is 4.57 Å². The van der Waals surface area contributed by atoms with Gasteiger partial charge in [0.15, 0.2) is 4.73 Å². The lowest BCUT2D eigenvalue weighted by molar-refractivity contribution is 0.589. The average molecular weight is 651 g/mol. The van der Waals surface area contributed by atoms with E-state index in [1.165, 1.54) is 3.97 Å². The maximum absolute atomic E-state index is 14.0. The van der Waals surface area contributed by atoms with Gasteiger partial charge in [0.25, 0.3) is 10.0 Å². The summed E-state index contributed by atoms with van der Waals surface area (Å²) < 4.78 is 31.9. The lowest BCUT2D eigenvalue weighted by atomic mass is 10.0. The monoisotopic (exact) mass is 649 g/mol. The van der Waals surface area contributed by atoms with E-state index in [9.17, 15) is 8.42 Å². The minimum Gasteiger partial charge on any atom is -0.313 e. The number of aryl methyl sites for hydroxylation is 1. The normalized spacial score (nSPS) is 11.8. The highest BCUT2D eigenvalue weighted by atomic mass is 79.9. The van der Waals surface area contributed by atoms with Crippen LogP contribution < -0.4 is 0 Å². The van der Waals surface area contributed by atoms with Crippen molar-refractivity contribution < 1.29 is 8.42 Å². The van der Waals surface area contributed by atoms with Crippen molar-refractivity contribution in [3.05, 3.63) is 129 Å². The molecule has 0 saturated heterocycles. The van der Waals surface area contributed by atoms with Crippen molar-refractivity contribution >= 4 is 60.1 Å². The van der Waals surface area contributed by atoms with Crippen LogP contribution in [0.25, 0.3) is 33.4 Å². The van der Waals surface area contributed by atoms with E-state index >= 15 is 0 Å². The number of imidazole rings is 1. The molecular weight excluding hydrogens is 629 g/mol. The van der Waals surface area contributed by atoms with Gasteiger partial charge in [-0.05, 0) is 64.8 Å². The standard InChI is InChI=1S/C31H22BrCl2N3O2S/c1-20-7-14-25(15-8-20)40(38,39)37-19-27(26-16-13-24(34)17-28(26)37)30-29(22-5-3-2-4-6-22)35-31(32)36(30)18-21-9-11-23(33)12-10-21/h2-17,19H,18H2,1H3. The predicted molar refractivity (Wildman–Crippen MR) is 166 cm³/mol. The van der Waals surface area contributed by atoms with Crippen molar-refractivity contribution in [3.8, 4) is 22.5 Å². The average Bonchev–Trinajstić information content (AvgIpc) is 3.48. The van der Waals surface area contributed by atoms with E-state index in [1.54, 1.807) is 42.6 Å². The molecule has 0 fully saturated rings. The van der Waals surface area contributed by atoms with Crippen LogP contribution in [0.3, 0.4) is 0 Å². The van der Waals surface area contributed by atoms with E-state index in [0.29, 0.717) is 32.4 Å². The number of rotatable bonds is 6. The molecule has 0 aliphatic heterocycles. The number of fused-ring (bicyclic) bond motifs is 1. The first kappa shape index (κ1) is 26.8. The second-order valence-corrected chi connectivity index (χ2v) is 12.9. The Hall–Kier alpha value is -3.36. The molecule has 4 aromatic carbocycles. The molecule has 2 aromatic heterocycles. The zero-order chi connectivity index (χ0) is 28.0. The fourth-order valence-corrected chi connectivity index (χ4v) is 6.93. The van der Waals surface area contributed by atoms with Crippen molar-refractivity contribution in [2.24, 2.45) is 0 Å². The summed E-state index contributed by atoms with van der Waals surface area (Å²) >= 11 is 16.2. The minimum absolute atomic E-state index is 0.195. The van der Waals surface area contributed by atoms with Crippen LogP contribution >= 0.6 is 39.1 Å². The van der Waals surface area contributed by atoms with Crippen molar-refractivity contribution in [2.45, 2.75) is 18.4 Å². The Morgan fingerprint density at radius 1 is 0.850 bits per heavy atom. The first-order valence-electron chi connectivity index (χ1n) is 12.4. The summed E-state index contributed by atoms with van der Waals surface area (Å²) in [6, 6.07) is 29.6. The molecule has 6 rings (SSSR count). The summed E-state index contributed by atoms with van der Waals surface area (Å²) in [5, 5.41) is 1.83. The van der Waals surface area contributed by atoms with Crippen molar-refractivity contribution in [1.82, 2.24) is 13.5 Å². The smallest absolute Gasteiger partial charge is 0.268 e. The first-order chi connectivity index (χ1) is 19.2. The van der Waals surface area contributed by atoms with Gasteiger partial charge >= 0.3 is 0 Å². The molecule has 0 unspecified atom stereocenters. The third-order valence-corrected chi connectivity index (χ3v) is 9.57. The molecular formula is C31H22BrCl2N3O2S. The summed E-state index contributed by atoms with van der Waals surface area (Å²) in [7, 11) is -3.93. The van der Waals surface area contributed by atoms with Gasteiger partial charge in [-0.25, -0.2) is 17.4 Å². The van der Waals surface area contributed by atoms with Crippen LogP contribution in [0.4, 0.5) is 0 Å². The molecule has 0 aliphatic rings. The van der Waals surface area contributed by atoms with Gasteiger partial charge in [0.2, 0.25) is 0 Å². The highest BCUT2D eigenvalue weighted by molar-refractivity contribution is 9.10. The van der Waals surface area contributed by atoms with Gasteiger partial charge in [-0.3, -0.25) is 0 Å². The van der Waals surface area contributed by atoms with E-state index in [0.717, 1.165) is 33.5 Å². The molecule has 40 heavy (non-hydrogen) atoms. The maximum Gasteiger partial charge on any atom is 0.268 e. The van der Waals surface area contributed by atoms with Crippen LogP contribution in [0, 0.1) is 6.92 Å². The van der Waals surface area contributed by atoms with E-state index in [-0.39, 0.29) is 4.90 Å². The van der Waals surface area contributed by atoms with Crippen molar-refractivity contribution in [2.75, 3.05) is 0 Å². The van der Waals surface area contributed by atoms with Gasteiger partial charge in [-0.2, -0.15) is 0 Å². The summed E-state index contributed by atoms with van der Waals surface area (Å²) in [6.07, 6.45) is 1.67. The number of aromatic nitrogens is 3. The quantitative estimate of drug-likeness (QED) is 0.181. The third kappa shape index (κ3) is 4.88. The molecule has 9 heteroatoms. The molecule has 0 spiro atoms. The molecule has 0 amide bonds. The molecule has 0 N–H and O–H groups in total. The summed E-state index contributed by atoms with van der Waals surface area (Å²) in [4.78, 5) is 5.10. The Labute approximate surface area is 250 Å². The van der Waals surface area contributed by atoms with Crippen molar-refractivity contribution in [1.29, 1.82) is 0 Å². The molecule has 0 aliphatic carbocycles. The van der Waals surface area contributed by atoms with Gasteiger partial charge in [-0.15, -0.1) is 0 Å². The lowest BCUT2D eigenvalue weighted by Crippen LogP contribution is -2.11. The van der Waals surface area contributed by atoms with E-state index in [4.69, 9.17) is 28.2 Å². The van der Waals surface area contributed by atoms with E-state index in [2.05, 4.69) is 15.9 Å². The number of halogens is 3. The second kappa shape index (κ2) is 10.6. The molecule has 6 aromatic rings. The number of hydrogen-bond donors (Lipinski definition) is 0. The molecule has 0 saturated carbocycles. The third-order valence-electron chi connectivity index (χ3n) is 6.79. The van der Waals surface area contributed by atoms with E-state index in [1.807, 2.05) is 72.2 Å².